The third-order valence-corrected chi connectivity index (χ3v) is 3.50. The van der Waals surface area contributed by atoms with Crippen molar-refractivity contribution in [2.24, 2.45) is 16.8 Å². The molecular formula is C13H20N4O2. The number of oxime groups is 1. The maximum Gasteiger partial charge on any atom is 0.189 e. The van der Waals surface area contributed by atoms with Crippen LogP contribution in [0.2, 0.25) is 0 Å². The Morgan fingerprint density at radius 1 is 1.68 bits per heavy atom. The fraction of sp³-hybridized carbons (Fsp3) is 0.538. The summed E-state index contributed by atoms with van der Waals surface area (Å²) in [6.07, 6.45) is 3.03. The quantitative estimate of drug-likeness (QED) is 0.315. The zero-order valence-electron chi connectivity index (χ0n) is 11.0. The molecule has 2 unspecified atom stereocenters. The number of aromatic nitrogens is 1. The molecule has 1 aliphatic rings. The molecule has 1 aromatic rings. The zero-order chi connectivity index (χ0) is 13.7. The summed E-state index contributed by atoms with van der Waals surface area (Å²) in [6, 6.07) is 3.76. The number of hydrogen-bond donors (Lipinski definition) is 3. The average Bonchev–Trinajstić information content (AvgIpc) is 2.84. The minimum absolute atomic E-state index is 0.0370. The number of hydrogen-bond acceptors (Lipinski definition) is 5. The van der Waals surface area contributed by atoms with E-state index in [2.05, 4.69) is 22.4 Å². The highest BCUT2D eigenvalue weighted by Gasteiger charge is 2.23. The fourth-order valence-corrected chi connectivity index (χ4v) is 2.30. The van der Waals surface area contributed by atoms with Gasteiger partial charge in [-0.25, -0.2) is 0 Å². The number of nitrogens with two attached hydrogens (primary N) is 1. The van der Waals surface area contributed by atoms with Crippen LogP contribution in [0.15, 0.2) is 23.5 Å². The highest BCUT2D eigenvalue weighted by Crippen LogP contribution is 2.19. The van der Waals surface area contributed by atoms with Crippen molar-refractivity contribution in [2.45, 2.75) is 26.0 Å². The Bertz CT molecular complexity index is 450. The largest absolute Gasteiger partial charge is 0.409 e. The van der Waals surface area contributed by atoms with Crippen LogP contribution in [0, 0.1) is 5.92 Å². The van der Waals surface area contributed by atoms with Gasteiger partial charge in [-0.05, 0) is 30.9 Å². The van der Waals surface area contributed by atoms with E-state index in [9.17, 15) is 0 Å². The maximum absolute atomic E-state index is 8.73. The van der Waals surface area contributed by atoms with Crippen molar-refractivity contribution in [3.05, 3.63) is 29.6 Å². The molecule has 1 saturated heterocycles. The van der Waals surface area contributed by atoms with Crippen molar-refractivity contribution in [1.29, 1.82) is 0 Å². The number of pyridine rings is 1. The lowest BCUT2D eigenvalue weighted by atomic mass is 10.0. The first kappa shape index (κ1) is 13.8. The predicted octanol–water partition coefficient (Wildman–Crippen LogP) is 0.691. The molecule has 104 valence electrons. The van der Waals surface area contributed by atoms with Gasteiger partial charge in [0.1, 0.15) is 5.69 Å². The summed E-state index contributed by atoms with van der Waals surface area (Å²) in [7, 11) is 0. The van der Waals surface area contributed by atoms with E-state index < -0.39 is 0 Å². The third kappa shape index (κ3) is 3.42. The van der Waals surface area contributed by atoms with Crippen molar-refractivity contribution in [2.75, 3.05) is 13.2 Å². The van der Waals surface area contributed by atoms with Crippen LogP contribution in [0.5, 0.6) is 0 Å². The van der Waals surface area contributed by atoms with E-state index in [4.69, 9.17) is 15.7 Å². The SMILES string of the molecule is CC1OCCC1CNCc1cccnc1/C(N)=N/O. The minimum Gasteiger partial charge on any atom is -0.409 e. The number of nitrogens with zero attached hydrogens (tertiary/aromatic N) is 2. The molecule has 6 heteroatoms. The number of rotatable bonds is 5. The number of nitrogens with one attached hydrogen (secondary N) is 1. The highest BCUT2D eigenvalue weighted by atomic mass is 16.5. The van der Waals surface area contributed by atoms with Crippen molar-refractivity contribution in [3.63, 3.8) is 0 Å². The van der Waals surface area contributed by atoms with Crippen LogP contribution in [-0.4, -0.2) is 35.3 Å². The van der Waals surface area contributed by atoms with Crippen molar-refractivity contribution >= 4 is 5.84 Å². The highest BCUT2D eigenvalue weighted by molar-refractivity contribution is 5.96. The maximum atomic E-state index is 8.73. The lowest BCUT2D eigenvalue weighted by Gasteiger charge is -2.15. The Labute approximate surface area is 112 Å². The van der Waals surface area contributed by atoms with Crippen molar-refractivity contribution in [1.82, 2.24) is 10.3 Å². The third-order valence-electron chi connectivity index (χ3n) is 3.50. The molecule has 0 aliphatic carbocycles. The molecular weight excluding hydrogens is 244 g/mol. The lowest BCUT2D eigenvalue weighted by Crippen LogP contribution is -2.28. The molecule has 0 saturated carbocycles. The molecule has 0 radical (unpaired) electrons. The van der Waals surface area contributed by atoms with Crippen LogP contribution in [0.4, 0.5) is 0 Å². The molecule has 4 N–H and O–H groups in total. The van der Waals surface area contributed by atoms with Crippen molar-refractivity contribution in [3.8, 4) is 0 Å². The Balaban J connectivity index is 1.92. The summed E-state index contributed by atoms with van der Waals surface area (Å²) < 4.78 is 5.52. The van der Waals surface area contributed by atoms with Crippen LogP contribution in [0.25, 0.3) is 0 Å². The van der Waals surface area contributed by atoms with Gasteiger partial charge in [-0.2, -0.15) is 0 Å². The second-order valence-electron chi connectivity index (χ2n) is 4.75. The Morgan fingerprint density at radius 2 is 2.53 bits per heavy atom. The summed E-state index contributed by atoms with van der Waals surface area (Å²) in [5, 5.41) is 15.1. The molecule has 0 amide bonds. The molecule has 0 bridgehead atoms. The Morgan fingerprint density at radius 3 is 3.21 bits per heavy atom. The number of amidine groups is 1. The first-order valence-corrected chi connectivity index (χ1v) is 6.46. The predicted molar refractivity (Wildman–Crippen MR) is 72.0 cm³/mol. The normalized spacial score (nSPS) is 23.7. The van der Waals surface area contributed by atoms with Gasteiger partial charge < -0.3 is 21.0 Å². The second-order valence-corrected chi connectivity index (χ2v) is 4.75. The van der Waals surface area contributed by atoms with E-state index in [1.165, 1.54) is 0 Å². The Kier molecular flexibility index (Phi) is 4.70. The van der Waals surface area contributed by atoms with Crippen LogP contribution in [-0.2, 0) is 11.3 Å². The van der Waals surface area contributed by atoms with E-state index in [0.29, 0.717) is 24.3 Å². The average molecular weight is 264 g/mol. The summed E-state index contributed by atoms with van der Waals surface area (Å²) >= 11 is 0. The minimum atomic E-state index is 0.0370. The van der Waals surface area contributed by atoms with Gasteiger partial charge in [0.15, 0.2) is 5.84 Å². The summed E-state index contributed by atoms with van der Waals surface area (Å²) in [5.41, 5.74) is 7.04. The summed E-state index contributed by atoms with van der Waals surface area (Å²) in [5.74, 6) is 0.582. The van der Waals surface area contributed by atoms with Gasteiger partial charge >= 0.3 is 0 Å². The standard InChI is InChI=1S/C13H20N4O2/c1-9-10(4-6-19-9)7-15-8-11-3-2-5-16-12(11)13(14)17-18/h2-3,5,9-10,15,18H,4,6-8H2,1H3,(H2,14,17). The fourth-order valence-electron chi connectivity index (χ4n) is 2.30. The first-order chi connectivity index (χ1) is 9.22. The molecule has 6 nitrogen and oxygen atoms in total. The second kappa shape index (κ2) is 6.49. The van der Waals surface area contributed by atoms with E-state index in [1.54, 1.807) is 6.20 Å². The smallest absolute Gasteiger partial charge is 0.189 e. The molecule has 2 atom stereocenters. The van der Waals surface area contributed by atoms with Crippen LogP contribution in [0.3, 0.4) is 0 Å². The molecule has 0 aromatic carbocycles. The number of ether oxygens (including phenoxy) is 1. The molecule has 1 fully saturated rings. The van der Waals surface area contributed by atoms with Gasteiger partial charge in [0, 0.05) is 25.9 Å². The molecule has 1 aromatic heterocycles. The molecule has 2 heterocycles. The first-order valence-electron chi connectivity index (χ1n) is 6.46. The molecule has 2 rings (SSSR count). The van der Waals surface area contributed by atoms with E-state index in [0.717, 1.165) is 25.1 Å². The molecule has 0 spiro atoms. The summed E-state index contributed by atoms with van der Waals surface area (Å²) in [6.45, 7) is 4.48. The topological polar surface area (TPSA) is 92.8 Å². The molecule has 1 aliphatic heterocycles. The van der Waals surface area contributed by atoms with Crippen molar-refractivity contribution < 1.29 is 9.94 Å². The van der Waals surface area contributed by atoms with E-state index in [-0.39, 0.29) is 5.84 Å². The van der Waals surface area contributed by atoms with E-state index >= 15 is 0 Å². The van der Waals surface area contributed by atoms with Crippen LogP contribution < -0.4 is 11.1 Å². The van der Waals surface area contributed by atoms with Gasteiger partial charge in [-0.3, -0.25) is 4.98 Å². The van der Waals surface area contributed by atoms with Gasteiger partial charge in [0.05, 0.1) is 6.10 Å². The van der Waals surface area contributed by atoms with Gasteiger partial charge in [0.25, 0.3) is 0 Å². The van der Waals surface area contributed by atoms with Crippen LogP contribution >= 0.6 is 0 Å². The molecule has 19 heavy (non-hydrogen) atoms. The monoisotopic (exact) mass is 264 g/mol. The van der Waals surface area contributed by atoms with Gasteiger partial charge in [-0.1, -0.05) is 11.2 Å². The lowest BCUT2D eigenvalue weighted by molar-refractivity contribution is 0.105. The van der Waals surface area contributed by atoms with Crippen LogP contribution in [0.1, 0.15) is 24.6 Å². The van der Waals surface area contributed by atoms with E-state index in [1.807, 2.05) is 12.1 Å². The van der Waals surface area contributed by atoms with Gasteiger partial charge in [0.2, 0.25) is 0 Å². The van der Waals surface area contributed by atoms with Gasteiger partial charge in [-0.15, -0.1) is 0 Å². The zero-order valence-corrected chi connectivity index (χ0v) is 11.0. The Hall–Kier alpha value is -1.66. The summed E-state index contributed by atoms with van der Waals surface area (Å²) in [4.78, 5) is 4.13.